The lowest BCUT2D eigenvalue weighted by Gasteiger charge is -2.21. The first-order valence-corrected chi connectivity index (χ1v) is 9.97. The van der Waals surface area contributed by atoms with Gasteiger partial charge in [-0.05, 0) is 53.6 Å². The van der Waals surface area contributed by atoms with Crippen molar-refractivity contribution in [1.82, 2.24) is 4.90 Å². The SMILES string of the molecule is CN(C)C(=O)COc1ccc(NC(=O)C2(c3ccc(C(C)(C)C)cc3)CC2)cc1. The Morgan fingerprint density at radius 1 is 1.00 bits per heavy atom. The van der Waals surface area contributed by atoms with Gasteiger partial charge in [-0.25, -0.2) is 0 Å². The number of nitrogens with one attached hydrogen (secondary N) is 1. The van der Waals surface area contributed by atoms with Crippen molar-refractivity contribution in [1.29, 1.82) is 0 Å². The van der Waals surface area contributed by atoms with E-state index in [0.29, 0.717) is 5.75 Å². The first-order chi connectivity index (χ1) is 13.6. The van der Waals surface area contributed by atoms with E-state index in [0.717, 1.165) is 24.1 Å². The summed E-state index contributed by atoms with van der Waals surface area (Å²) < 4.78 is 5.47. The fourth-order valence-corrected chi connectivity index (χ4v) is 3.22. The molecule has 1 N–H and O–H groups in total. The summed E-state index contributed by atoms with van der Waals surface area (Å²) in [6.45, 7) is 6.55. The monoisotopic (exact) mass is 394 g/mol. The van der Waals surface area contributed by atoms with Crippen molar-refractivity contribution in [2.75, 3.05) is 26.0 Å². The lowest BCUT2D eigenvalue weighted by molar-refractivity contribution is -0.130. The van der Waals surface area contributed by atoms with Gasteiger partial charge in [0.05, 0.1) is 5.41 Å². The van der Waals surface area contributed by atoms with Crippen molar-refractivity contribution in [2.45, 2.75) is 44.4 Å². The van der Waals surface area contributed by atoms with Crippen molar-refractivity contribution < 1.29 is 14.3 Å². The Morgan fingerprint density at radius 2 is 1.59 bits per heavy atom. The molecule has 0 heterocycles. The Kier molecular flexibility index (Phi) is 5.69. The summed E-state index contributed by atoms with van der Waals surface area (Å²) >= 11 is 0. The molecule has 0 unspecified atom stereocenters. The minimum Gasteiger partial charge on any atom is -0.484 e. The van der Waals surface area contributed by atoms with Gasteiger partial charge < -0.3 is 15.0 Å². The summed E-state index contributed by atoms with van der Waals surface area (Å²) in [5.41, 5.74) is 2.73. The molecule has 0 bridgehead atoms. The Hall–Kier alpha value is -2.82. The van der Waals surface area contributed by atoms with Gasteiger partial charge in [-0.15, -0.1) is 0 Å². The number of rotatable bonds is 6. The maximum absolute atomic E-state index is 13.0. The average molecular weight is 395 g/mol. The Morgan fingerprint density at radius 3 is 2.07 bits per heavy atom. The molecule has 1 saturated carbocycles. The molecule has 0 spiro atoms. The normalized spacial score (nSPS) is 14.8. The van der Waals surface area contributed by atoms with E-state index < -0.39 is 5.41 Å². The highest BCUT2D eigenvalue weighted by Crippen LogP contribution is 2.49. The van der Waals surface area contributed by atoms with E-state index in [9.17, 15) is 9.59 Å². The van der Waals surface area contributed by atoms with Crippen LogP contribution in [0.3, 0.4) is 0 Å². The first kappa shape index (κ1) is 20.9. The van der Waals surface area contributed by atoms with Crippen LogP contribution in [0.2, 0.25) is 0 Å². The number of ether oxygens (including phenoxy) is 1. The van der Waals surface area contributed by atoms with Crippen LogP contribution in [-0.4, -0.2) is 37.4 Å². The smallest absolute Gasteiger partial charge is 0.259 e. The molecule has 0 atom stereocenters. The summed E-state index contributed by atoms with van der Waals surface area (Å²) in [6.07, 6.45) is 1.73. The zero-order chi connectivity index (χ0) is 21.2. The minimum absolute atomic E-state index is 0.00756. The number of carbonyl (C=O) groups is 2. The second kappa shape index (κ2) is 7.90. The fourth-order valence-electron chi connectivity index (χ4n) is 3.22. The predicted octanol–water partition coefficient (Wildman–Crippen LogP) is 4.12. The van der Waals surface area contributed by atoms with E-state index >= 15 is 0 Å². The third-order valence-electron chi connectivity index (χ3n) is 5.46. The molecule has 2 amide bonds. The predicted molar refractivity (Wildman–Crippen MR) is 115 cm³/mol. The number of anilines is 1. The summed E-state index contributed by atoms with van der Waals surface area (Å²) in [4.78, 5) is 26.0. The van der Waals surface area contributed by atoms with Crippen molar-refractivity contribution in [3.63, 3.8) is 0 Å². The molecule has 2 aromatic carbocycles. The molecular formula is C24H30N2O3. The topological polar surface area (TPSA) is 58.6 Å². The molecule has 0 aromatic heterocycles. The van der Waals surface area contributed by atoms with Crippen LogP contribution >= 0.6 is 0 Å². The van der Waals surface area contributed by atoms with Crippen molar-refractivity contribution in [2.24, 2.45) is 0 Å². The van der Waals surface area contributed by atoms with Crippen LogP contribution in [0.15, 0.2) is 48.5 Å². The molecular weight excluding hydrogens is 364 g/mol. The maximum atomic E-state index is 13.0. The van der Waals surface area contributed by atoms with Gasteiger partial charge in [-0.1, -0.05) is 45.0 Å². The molecule has 1 fully saturated rings. The van der Waals surface area contributed by atoms with Crippen LogP contribution in [0.4, 0.5) is 5.69 Å². The summed E-state index contributed by atoms with van der Waals surface area (Å²) in [7, 11) is 3.38. The van der Waals surface area contributed by atoms with Gasteiger partial charge in [0, 0.05) is 19.8 Å². The Labute approximate surface area is 173 Å². The number of amides is 2. The Balaban J connectivity index is 1.63. The number of hydrogen-bond donors (Lipinski definition) is 1. The average Bonchev–Trinajstić information content (AvgIpc) is 3.48. The number of hydrogen-bond acceptors (Lipinski definition) is 3. The van der Waals surface area contributed by atoms with Gasteiger partial charge in [0.15, 0.2) is 6.61 Å². The molecule has 0 saturated heterocycles. The second-order valence-corrected chi connectivity index (χ2v) is 8.96. The second-order valence-electron chi connectivity index (χ2n) is 8.96. The van der Waals surface area contributed by atoms with Gasteiger partial charge in [0.2, 0.25) is 5.91 Å². The van der Waals surface area contributed by atoms with E-state index in [1.807, 2.05) is 0 Å². The van der Waals surface area contributed by atoms with Crippen molar-refractivity contribution >= 4 is 17.5 Å². The molecule has 1 aliphatic carbocycles. The summed E-state index contributed by atoms with van der Waals surface area (Å²) in [5.74, 6) is 0.519. The number of carbonyl (C=O) groups excluding carboxylic acids is 2. The molecule has 0 aliphatic heterocycles. The summed E-state index contributed by atoms with van der Waals surface area (Å²) in [5, 5.41) is 3.03. The third kappa shape index (κ3) is 4.78. The molecule has 1 aliphatic rings. The highest BCUT2D eigenvalue weighted by Gasteiger charge is 2.51. The minimum atomic E-state index is -0.427. The molecule has 5 heteroatoms. The summed E-state index contributed by atoms with van der Waals surface area (Å²) in [6, 6.07) is 15.6. The van der Waals surface area contributed by atoms with Crippen molar-refractivity contribution in [3.8, 4) is 5.75 Å². The van der Waals surface area contributed by atoms with Gasteiger partial charge in [0.25, 0.3) is 5.91 Å². The quantitative estimate of drug-likeness (QED) is 0.802. The van der Waals surface area contributed by atoms with Gasteiger partial charge in [0.1, 0.15) is 5.75 Å². The lowest BCUT2D eigenvalue weighted by Crippen LogP contribution is -2.28. The highest BCUT2D eigenvalue weighted by molar-refractivity contribution is 6.01. The maximum Gasteiger partial charge on any atom is 0.259 e. The van der Waals surface area contributed by atoms with Crippen LogP contribution in [0.5, 0.6) is 5.75 Å². The van der Waals surface area contributed by atoms with Crippen LogP contribution < -0.4 is 10.1 Å². The standard InChI is InChI=1S/C24H30N2O3/c1-23(2,3)17-6-8-18(9-7-17)24(14-15-24)22(28)25-19-10-12-20(13-11-19)29-16-21(27)26(4)5/h6-13H,14-16H2,1-5H3,(H,25,28). The van der Waals surface area contributed by atoms with E-state index in [4.69, 9.17) is 4.74 Å². The molecule has 29 heavy (non-hydrogen) atoms. The van der Waals surface area contributed by atoms with Crippen molar-refractivity contribution in [3.05, 3.63) is 59.7 Å². The lowest BCUT2D eigenvalue weighted by atomic mass is 9.85. The third-order valence-corrected chi connectivity index (χ3v) is 5.46. The molecule has 5 nitrogen and oxygen atoms in total. The molecule has 154 valence electrons. The van der Waals surface area contributed by atoms with Gasteiger partial charge in [-0.3, -0.25) is 9.59 Å². The Bertz CT molecular complexity index is 874. The largest absolute Gasteiger partial charge is 0.484 e. The first-order valence-electron chi connectivity index (χ1n) is 9.97. The van der Waals surface area contributed by atoms with Crippen LogP contribution in [0.1, 0.15) is 44.7 Å². The van der Waals surface area contributed by atoms with Crippen LogP contribution in [-0.2, 0) is 20.4 Å². The van der Waals surface area contributed by atoms with E-state index in [1.54, 1.807) is 38.4 Å². The van der Waals surface area contributed by atoms with E-state index in [2.05, 4.69) is 50.4 Å². The van der Waals surface area contributed by atoms with Crippen LogP contribution in [0.25, 0.3) is 0 Å². The highest BCUT2D eigenvalue weighted by atomic mass is 16.5. The van der Waals surface area contributed by atoms with E-state index in [1.165, 1.54) is 10.5 Å². The molecule has 0 radical (unpaired) electrons. The number of likely N-dealkylation sites (N-methyl/N-ethyl adjacent to an activating group) is 1. The zero-order valence-corrected chi connectivity index (χ0v) is 17.9. The fraction of sp³-hybridized carbons (Fsp3) is 0.417. The number of nitrogens with zero attached hydrogens (tertiary/aromatic N) is 1. The molecule has 2 aromatic rings. The van der Waals surface area contributed by atoms with Crippen LogP contribution in [0, 0.1) is 0 Å². The zero-order valence-electron chi connectivity index (χ0n) is 17.9. The number of benzene rings is 2. The van der Waals surface area contributed by atoms with Gasteiger partial charge in [-0.2, -0.15) is 0 Å². The van der Waals surface area contributed by atoms with E-state index in [-0.39, 0.29) is 23.8 Å². The molecule has 3 rings (SSSR count). The van der Waals surface area contributed by atoms with Gasteiger partial charge >= 0.3 is 0 Å².